The topological polar surface area (TPSA) is 68.6 Å². The predicted octanol–water partition coefficient (Wildman–Crippen LogP) is 2.18. The van der Waals surface area contributed by atoms with Gasteiger partial charge in [0.05, 0.1) is 12.2 Å². The Bertz CT molecular complexity index is 885. The average Bonchev–Trinajstić information content (AvgIpc) is 2.60. The minimum Gasteiger partial charge on any atom is -0.482 e. The zero-order valence-corrected chi connectivity index (χ0v) is 14.3. The van der Waals surface area contributed by atoms with Gasteiger partial charge in [-0.1, -0.05) is 13.0 Å². The molecule has 0 fully saturated rings. The molecule has 0 atom stereocenters. The van der Waals surface area contributed by atoms with Crippen LogP contribution in [0.1, 0.15) is 29.3 Å². The van der Waals surface area contributed by atoms with Crippen molar-refractivity contribution in [1.82, 2.24) is 4.57 Å². The van der Waals surface area contributed by atoms with E-state index in [2.05, 4.69) is 0 Å². The Balaban J connectivity index is 1.90. The summed E-state index contributed by atoms with van der Waals surface area (Å²) in [6, 6.07) is 8.21. The molecular formula is C19H20N2O4. The van der Waals surface area contributed by atoms with Gasteiger partial charge in [-0.2, -0.15) is 0 Å². The van der Waals surface area contributed by atoms with Crippen molar-refractivity contribution >= 4 is 17.4 Å². The fourth-order valence-corrected chi connectivity index (χ4v) is 2.86. The number of anilines is 1. The van der Waals surface area contributed by atoms with E-state index in [4.69, 9.17) is 4.74 Å². The first-order valence-electron chi connectivity index (χ1n) is 8.27. The molecule has 0 aliphatic carbocycles. The van der Waals surface area contributed by atoms with Crippen molar-refractivity contribution in [2.45, 2.75) is 26.8 Å². The predicted molar refractivity (Wildman–Crippen MR) is 94.4 cm³/mol. The van der Waals surface area contributed by atoms with E-state index in [0.717, 1.165) is 12.0 Å². The minimum absolute atomic E-state index is 0.0129. The Morgan fingerprint density at radius 2 is 2.00 bits per heavy atom. The number of aryl methyl sites for hydroxylation is 1. The molecule has 0 N–H and O–H groups in total. The Kier molecular flexibility index (Phi) is 4.70. The van der Waals surface area contributed by atoms with Crippen LogP contribution in [0.5, 0.6) is 5.75 Å². The average molecular weight is 340 g/mol. The number of amides is 1. The molecule has 0 bridgehead atoms. The molecule has 2 heterocycles. The van der Waals surface area contributed by atoms with Gasteiger partial charge in [0.1, 0.15) is 5.75 Å². The highest BCUT2D eigenvalue weighted by molar-refractivity contribution is 6.01. The zero-order valence-electron chi connectivity index (χ0n) is 14.3. The first-order valence-corrected chi connectivity index (χ1v) is 8.27. The first kappa shape index (κ1) is 17.0. The van der Waals surface area contributed by atoms with E-state index in [1.54, 1.807) is 35.4 Å². The van der Waals surface area contributed by atoms with Crippen LogP contribution in [0.2, 0.25) is 0 Å². The summed E-state index contributed by atoms with van der Waals surface area (Å²) in [5, 5.41) is 0. The second kappa shape index (κ2) is 6.93. The molecule has 1 amide bonds. The van der Waals surface area contributed by atoms with Crippen molar-refractivity contribution in [3.8, 4) is 5.75 Å². The highest BCUT2D eigenvalue weighted by Gasteiger charge is 2.25. The standard InChI is InChI=1S/C19H20N2O4/c1-3-8-21-15-9-14(5-6-17(15)25-12-19(21)24)16(22)11-20-10-13(2)4-7-18(20)23/h4-7,9-10H,3,8,11-12H2,1-2H3. The van der Waals surface area contributed by atoms with Crippen molar-refractivity contribution in [2.24, 2.45) is 0 Å². The van der Waals surface area contributed by atoms with Gasteiger partial charge in [-0.3, -0.25) is 14.4 Å². The molecular weight excluding hydrogens is 320 g/mol. The van der Waals surface area contributed by atoms with E-state index in [0.29, 0.717) is 23.5 Å². The van der Waals surface area contributed by atoms with Crippen LogP contribution in [-0.2, 0) is 11.3 Å². The first-order chi connectivity index (χ1) is 12.0. The number of fused-ring (bicyclic) bond motifs is 1. The number of ether oxygens (including phenoxy) is 1. The molecule has 0 saturated heterocycles. The van der Waals surface area contributed by atoms with Crippen LogP contribution in [0.3, 0.4) is 0 Å². The smallest absolute Gasteiger partial charge is 0.265 e. The van der Waals surface area contributed by atoms with Crippen LogP contribution in [-0.4, -0.2) is 29.4 Å². The highest BCUT2D eigenvalue weighted by Crippen LogP contribution is 2.33. The van der Waals surface area contributed by atoms with E-state index in [9.17, 15) is 14.4 Å². The van der Waals surface area contributed by atoms with Gasteiger partial charge < -0.3 is 14.2 Å². The summed E-state index contributed by atoms with van der Waals surface area (Å²) < 4.78 is 6.83. The molecule has 1 aliphatic rings. The summed E-state index contributed by atoms with van der Waals surface area (Å²) >= 11 is 0. The number of aromatic nitrogens is 1. The lowest BCUT2D eigenvalue weighted by Gasteiger charge is -2.29. The number of nitrogens with zero attached hydrogens (tertiary/aromatic N) is 2. The minimum atomic E-state index is -0.219. The van der Waals surface area contributed by atoms with Crippen LogP contribution in [0.15, 0.2) is 41.3 Å². The van der Waals surface area contributed by atoms with Gasteiger partial charge in [0.25, 0.3) is 11.5 Å². The lowest BCUT2D eigenvalue weighted by molar-refractivity contribution is -0.121. The Morgan fingerprint density at radius 3 is 2.76 bits per heavy atom. The highest BCUT2D eigenvalue weighted by atomic mass is 16.5. The SMILES string of the molecule is CCCN1C(=O)COc2ccc(C(=O)Cn3cc(C)ccc3=O)cc21. The number of hydrogen-bond acceptors (Lipinski definition) is 4. The number of carbonyl (C=O) groups excluding carboxylic acids is 2. The molecule has 2 aromatic rings. The fraction of sp³-hybridized carbons (Fsp3) is 0.316. The maximum absolute atomic E-state index is 12.6. The summed E-state index contributed by atoms with van der Waals surface area (Å²) in [5.41, 5.74) is 1.75. The lowest BCUT2D eigenvalue weighted by Crippen LogP contribution is -2.39. The third kappa shape index (κ3) is 3.47. The fourth-order valence-electron chi connectivity index (χ4n) is 2.86. The van der Waals surface area contributed by atoms with E-state index >= 15 is 0 Å². The van der Waals surface area contributed by atoms with E-state index in [1.165, 1.54) is 10.6 Å². The number of pyridine rings is 1. The Hall–Kier alpha value is -2.89. The van der Waals surface area contributed by atoms with Gasteiger partial charge in [-0.15, -0.1) is 0 Å². The molecule has 130 valence electrons. The van der Waals surface area contributed by atoms with E-state index < -0.39 is 0 Å². The van der Waals surface area contributed by atoms with Gasteiger partial charge >= 0.3 is 0 Å². The summed E-state index contributed by atoms with van der Waals surface area (Å²) in [6.45, 7) is 4.40. The van der Waals surface area contributed by atoms with Crippen molar-refractivity contribution in [1.29, 1.82) is 0 Å². The van der Waals surface area contributed by atoms with Crippen molar-refractivity contribution < 1.29 is 14.3 Å². The van der Waals surface area contributed by atoms with Gasteiger partial charge in [-0.25, -0.2) is 0 Å². The number of carbonyl (C=O) groups is 2. The van der Waals surface area contributed by atoms with Crippen LogP contribution >= 0.6 is 0 Å². The van der Waals surface area contributed by atoms with Crippen LogP contribution in [0.4, 0.5) is 5.69 Å². The molecule has 6 heteroatoms. The van der Waals surface area contributed by atoms with Gasteiger partial charge in [-0.05, 0) is 37.1 Å². The van der Waals surface area contributed by atoms with Crippen molar-refractivity contribution in [2.75, 3.05) is 18.1 Å². The van der Waals surface area contributed by atoms with Crippen molar-refractivity contribution in [3.05, 3.63) is 58.0 Å². The summed E-state index contributed by atoms with van der Waals surface area (Å²) in [5.74, 6) is 0.288. The quantitative estimate of drug-likeness (QED) is 0.782. The molecule has 0 spiro atoms. The third-order valence-corrected chi connectivity index (χ3v) is 4.12. The second-order valence-corrected chi connectivity index (χ2v) is 6.11. The van der Waals surface area contributed by atoms with Gasteiger partial charge in [0, 0.05) is 24.4 Å². The number of hydrogen-bond donors (Lipinski definition) is 0. The van der Waals surface area contributed by atoms with Crippen LogP contribution in [0.25, 0.3) is 0 Å². The number of ketones is 1. The second-order valence-electron chi connectivity index (χ2n) is 6.11. The zero-order chi connectivity index (χ0) is 18.0. The number of Topliss-reactive ketones (excluding diaryl/α,β-unsaturated/α-hetero) is 1. The summed E-state index contributed by atoms with van der Waals surface area (Å²) in [6.07, 6.45) is 2.47. The maximum atomic E-state index is 12.6. The number of benzene rings is 1. The Morgan fingerprint density at radius 1 is 1.20 bits per heavy atom. The lowest BCUT2D eigenvalue weighted by atomic mass is 10.1. The molecule has 1 aliphatic heterocycles. The normalized spacial score (nSPS) is 13.4. The Labute approximate surface area is 145 Å². The molecule has 1 aromatic heterocycles. The third-order valence-electron chi connectivity index (χ3n) is 4.12. The summed E-state index contributed by atoms with van der Waals surface area (Å²) in [4.78, 5) is 38.2. The monoisotopic (exact) mass is 340 g/mol. The molecule has 25 heavy (non-hydrogen) atoms. The summed E-state index contributed by atoms with van der Waals surface area (Å²) in [7, 11) is 0. The molecule has 0 radical (unpaired) electrons. The molecule has 0 unspecified atom stereocenters. The molecule has 6 nitrogen and oxygen atoms in total. The van der Waals surface area contributed by atoms with E-state index in [1.807, 2.05) is 13.8 Å². The largest absolute Gasteiger partial charge is 0.482 e. The molecule has 3 rings (SSSR count). The maximum Gasteiger partial charge on any atom is 0.265 e. The number of rotatable bonds is 5. The van der Waals surface area contributed by atoms with Gasteiger partial charge in [0.15, 0.2) is 12.4 Å². The van der Waals surface area contributed by atoms with Gasteiger partial charge in [0.2, 0.25) is 0 Å². The van der Waals surface area contributed by atoms with E-state index in [-0.39, 0.29) is 30.4 Å². The van der Waals surface area contributed by atoms with Crippen molar-refractivity contribution in [3.63, 3.8) is 0 Å². The molecule has 1 aromatic carbocycles. The van der Waals surface area contributed by atoms with Crippen LogP contribution in [0, 0.1) is 6.92 Å². The van der Waals surface area contributed by atoms with Crippen LogP contribution < -0.4 is 15.2 Å². The molecule has 0 saturated carbocycles.